The van der Waals surface area contributed by atoms with E-state index in [0.29, 0.717) is 5.88 Å². The molecular weight excluding hydrogens is 293 g/mol. The number of benzene rings is 1. The van der Waals surface area contributed by atoms with Crippen molar-refractivity contribution in [1.29, 1.82) is 0 Å². The molecule has 0 saturated carbocycles. The summed E-state index contributed by atoms with van der Waals surface area (Å²) in [6.07, 6.45) is 0. The maximum atomic E-state index is 6.36. The molecule has 3 nitrogen and oxygen atoms in total. The Kier molecular flexibility index (Phi) is 5.30. The third kappa shape index (κ3) is 2.95. The number of nitrogens with zero attached hydrogens (tertiary/aromatic N) is 3. The van der Waals surface area contributed by atoms with Crippen molar-refractivity contribution in [2.45, 2.75) is 32.7 Å². The minimum absolute atomic E-state index is 0.286. The largest absolute Gasteiger partial charge is 0.322 e. The summed E-state index contributed by atoms with van der Waals surface area (Å²) >= 11 is 12.4. The molecule has 0 saturated heterocycles. The second kappa shape index (κ2) is 6.79. The molecule has 0 radical (unpaired) electrons. The molecule has 0 amide bonds. The van der Waals surface area contributed by atoms with Gasteiger partial charge in [-0.15, -0.1) is 11.6 Å². The van der Waals surface area contributed by atoms with Crippen molar-refractivity contribution in [2.24, 2.45) is 0 Å². The molecule has 1 aromatic heterocycles. The third-order valence-electron chi connectivity index (χ3n) is 3.71. The van der Waals surface area contributed by atoms with Gasteiger partial charge in [0.25, 0.3) is 0 Å². The van der Waals surface area contributed by atoms with Gasteiger partial charge in [-0.2, -0.15) is 0 Å². The monoisotopic (exact) mass is 313 g/mol. The average molecular weight is 314 g/mol. The van der Waals surface area contributed by atoms with Gasteiger partial charge in [-0.05, 0) is 32.1 Å². The number of para-hydroxylation sites is 1. The van der Waals surface area contributed by atoms with Gasteiger partial charge in [0, 0.05) is 12.6 Å². The predicted octanol–water partition coefficient (Wildman–Crippen LogP) is 4.33. The minimum Gasteiger partial charge on any atom is -0.322 e. The highest BCUT2D eigenvalue weighted by Crippen LogP contribution is 2.28. The summed E-state index contributed by atoms with van der Waals surface area (Å²) in [5, 5.41) is 0.734. The van der Waals surface area contributed by atoms with E-state index in [1.807, 2.05) is 18.2 Å². The van der Waals surface area contributed by atoms with E-state index >= 15 is 0 Å². The Hall–Kier alpha value is -0.770. The van der Waals surface area contributed by atoms with Crippen LogP contribution in [0.15, 0.2) is 18.2 Å². The zero-order chi connectivity index (χ0) is 14.7. The average Bonchev–Trinajstić information content (AvgIpc) is 2.84. The van der Waals surface area contributed by atoms with Crippen molar-refractivity contribution in [1.82, 2.24) is 14.5 Å². The van der Waals surface area contributed by atoms with E-state index in [1.54, 1.807) is 0 Å². The van der Waals surface area contributed by atoms with Crippen LogP contribution in [0.25, 0.3) is 11.0 Å². The minimum atomic E-state index is 0.286. The molecule has 0 fully saturated rings. The highest BCUT2D eigenvalue weighted by atomic mass is 35.5. The first-order chi connectivity index (χ1) is 9.62. The number of rotatable bonds is 6. The number of alkyl halides is 1. The fourth-order valence-corrected chi connectivity index (χ4v) is 3.11. The molecule has 5 heteroatoms. The van der Waals surface area contributed by atoms with Gasteiger partial charge in [0.05, 0.1) is 21.9 Å². The highest BCUT2D eigenvalue weighted by molar-refractivity contribution is 6.35. The summed E-state index contributed by atoms with van der Waals surface area (Å²) in [6, 6.07) is 6.10. The van der Waals surface area contributed by atoms with Crippen LogP contribution in [0.3, 0.4) is 0 Å². The maximum absolute atomic E-state index is 6.36. The molecule has 1 heterocycles. The van der Waals surface area contributed by atoms with E-state index in [-0.39, 0.29) is 6.04 Å². The molecule has 1 unspecified atom stereocenters. The second-order valence-corrected chi connectivity index (χ2v) is 5.65. The van der Waals surface area contributed by atoms with Crippen LogP contribution in [-0.2, 0) is 5.88 Å². The Balaban J connectivity index is 2.46. The fraction of sp³-hybridized carbons (Fsp3) is 0.533. The lowest BCUT2D eigenvalue weighted by atomic mass is 10.2. The lowest BCUT2D eigenvalue weighted by Crippen LogP contribution is -2.30. The smallest absolute Gasteiger partial charge is 0.125 e. The fourth-order valence-electron chi connectivity index (χ4n) is 2.66. The first-order valence-electron chi connectivity index (χ1n) is 7.05. The summed E-state index contributed by atoms with van der Waals surface area (Å²) < 4.78 is 2.18. The second-order valence-electron chi connectivity index (χ2n) is 4.97. The van der Waals surface area contributed by atoms with Crippen molar-refractivity contribution < 1.29 is 0 Å². The topological polar surface area (TPSA) is 21.1 Å². The molecule has 2 rings (SSSR count). The number of hydrogen-bond donors (Lipinski definition) is 0. The molecule has 20 heavy (non-hydrogen) atoms. The molecule has 1 aromatic carbocycles. The number of likely N-dealkylation sites (N-methyl/N-ethyl adjacent to an activating group) is 1. The number of hydrogen-bond acceptors (Lipinski definition) is 2. The lowest BCUT2D eigenvalue weighted by Gasteiger charge is -2.25. The van der Waals surface area contributed by atoms with E-state index in [4.69, 9.17) is 23.2 Å². The first-order valence-corrected chi connectivity index (χ1v) is 7.97. The molecule has 0 spiro atoms. The van der Waals surface area contributed by atoms with E-state index in [9.17, 15) is 0 Å². The van der Waals surface area contributed by atoms with Crippen LogP contribution in [0.4, 0.5) is 0 Å². The summed E-state index contributed by atoms with van der Waals surface area (Å²) in [6.45, 7) is 9.59. The maximum Gasteiger partial charge on any atom is 0.125 e. The van der Waals surface area contributed by atoms with Gasteiger partial charge in [-0.3, -0.25) is 0 Å². The van der Waals surface area contributed by atoms with Gasteiger partial charge in [-0.25, -0.2) is 4.98 Å². The number of halogens is 2. The summed E-state index contributed by atoms with van der Waals surface area (Å²) in [5.74, 6) is 1.28. The van der Waals surface area contributed by atoms with E-state index < -0.39 is 0 Å². The summed E-state index contributed by atoms with van der Waals surface area (Å²) in [4.78, 5) is 6.99. The van der Waals surface area contributed by atoms with Crippen LogP contribution in [0.2, 0.25) is 5.02 Å². The Bertz CT molecular complexity index is 576. The number of fused-ring (bicyclic) bond motifs is 1. The molecule has 0 aliphatic carbocycles. The van der Waals surface area contributed by atoms with Gasteiger partial charge in [0.2, 0.25) is 0 Å². The van der Waals surface area contributed by atoms with Crippen molar-refractivity contribution in [3.8, 4) is 0 Å². The molecular formula is C15H21Cl2N3. The molecule has 1 atom stereocenters. The van der Waals surface area contributed by atoms with Gasteiger partial charge in [0.15, 0.2) is 0 Å². The molecule has 0 bridgehead atoms. The zero-order valence-electron chi connectivity index (χ0n) is 12.2. The SMILES string of the molecule is CCN(CC)CC(C)n1c(CCl)nc2cccc(Cl)c21. The molecule has 0 aliphatic rings. The van der Waals surface area contributed by atoms with Gasteiger partial charge in [0.1, 0.15) is 5.82 Å². The van der Waals surface area contributed by atoms with Crippen LogP contribution >= 0.6 is 23.2 Å². The molecule has 2 aromatic rings. The van der Waals surface area contributed by atoms with Gasteiger partial charge in [-0.1, -0.05) is 31.5 Å². The van der Waals surface area contributed by atoms with Crippen molar-refractivity contribution in [2.75, 3.05) is 19.6 Å². The van der Waals surface area contributed by atoms with E-state index in [0.717, 1.165) is 41.5 Å². The Morgan fingerprint density at radius 2 is 2.00 bits per heavy atom. The Morgan fingerprint density at radius 3 is 2.60 bits per heavy atom. The quantitative estimate of drug-likeness (QED) is 0.740. The third-order valence-corrected chi connectivity index (χ3v) is 4.26. The zero-order valence-corrected chi connectivity index (χ0v) is 13.7. The van der Waals surface area contributed by atoms with Crippen molar-refractivity contribution in [3.63, 3.8) is 0 Å². The van der Waals surface area contributed by atoms with Crippen LogP contribution in [0, 0.1) is 0 Å². The van der Waals surface area contributed by atoms with Crippen molar-refractivity contribution >= 4 is 34.2 Å². The van der Waals surface area contributed by atoms with Crippen LogP contribution in [-0.4, -0.2) is 34.1 Å². The van der Waals surface area contributed by atoms with E-state index in [1.165, 1.54) is 0 Å². The van der Waals surface area contributed by atoms with Crippen molar-refractivity contribution in [3.05, 3.63) is 29.0 Å². The summed E-state index contributed by atoms with van der Waals surface area (Å²) in [7, 11) is 0. The van der Waals surface area contributed by atoms with Crippen LogP contribution in [0.5, 0.6) is 0 Å². The van der Waals surface area contributed by atoms with Crippen LogP contribution in [0.1, 0.15) is 32.6 Å². The van der Waals surface area contributed by atoms with Crippen LogP contribution < -0.4 is 0 Å². The Labute approximate surface area is 130 Å². The summed E-state index contributed by atoms with van der Waals surface area (Å²) in [5.41, 5.74) is 1.91. The number of aromatic nitrogens is 2. The number of imidazole rings is 1. The first kappa shape index (κ1) is 15.6. The lowest BCUT2D eigenvalue weighted by molar-refractivity contribution is 0.262. The van der Waals surface area contributed by atoms with E-state index in [2.05, 4.69) is 35.2 Å². The molecule has 0 aliphatic heterocycles. The standard InChI is InChI=1S/C15H21Cl2N3/c1-4-19(5-2)10-11(3)20-14(9-16)18-13-8-6-7-12(17)15(13)20/h6-8,11H,4-5,9-10H2,1-3H3. The Morgan fingerprint density at radius 1 is 1.30 bits per heavy atom. The highest BCUT2D eigenvalue weighted by Gasteiger charge is 2.18. The van der Waals surface area contributed by atoms with Gasteiger partial charge < -0.3 is 9.47 Å². The molecule has 110 valence electrons. The predicted molar refractivity (Wildman–Crippen MR) is 86.8 cm³/mol. The molecule has 0 N–H and O–H groups in total. The normalized spacial score (nSPS) is 13.3. The van der Waals surface area contributed by atoms with Gasteiger partial charge >= 0.3 is 0 Å².